The first-order valence-electron chi connectivity index (χ1n) is 7.84. The molecule has 1 atom stereocenters. The summed E-state index contributed by atoms with van der Waals surface area (Å²) in [6, 6.07) is 15.9. The zero-order valence-electron chi connectivity index (χ0n) is 13.7. The molecule has 2 aromatic carbocycles. The molecule has 3 N–H and O–H groups in total. The number of carbonyl (C=O) groups is 2. The van der Waals surface area contributed by atoms with Crippen LogP contribution in [0.3, 0.4) is 0 Å². The van der Waals surface area contributed by atoms with Gasteiger partial charge in [0.1, 0.15) is 17.1 Å². The van der Waals surface area contributed by atoms with Crippen LogP contribution in [0.1, 0.15) is 29.1 Å². The zero-order valence-corrected chi connectivity index (χ0v) is 13.7. The maximum atomic E-state index is 12.6. The van der Waals surface area contributed by atoms with E-state index in [0.29, 0.717) is 17.1 Å². The summed E-state index contributed by atoms with van der Waals surface area (Å²) in [5, 5.41) is 3.85. The first-order chi connectivity index (χ1) is 12.0. The number of ether oxygens (including phenoxy) is 1. The van der Waals surface area contributed by atoms with Gasteiger partial charge < -0.3 is 20.2 Å². The van der Waals surface area contributed by atoms with Crippen molar-refractivity contribution in [3.8, 4) is 5.75 Å². The van der Waals surface area contributed by atoms with Crippen LogP contribution in [0.15, 0.2) is 59.0 Å². The van der Waals surface area contributed by atoms with Gasteiger partial charge in [0.05, 0.1) is 11.6 Å². The van der Waals surface area contributed by atoms with Crippen LogP contribution in [0.2, 0.25) is 0 Å². The molecule has 6 heteroatoms. The predicted octanol–water partition coefficient (Wildman–Crippen LogP) is 2.79. The Morgan fingerprint density at radius 1 is 1.16 bits per heavy atom. The highest BCUT2D eigenvalue weighted by atomic mass is 16.5. The highest BCUT2D eigenvalue weighted by molar-refractivity contribution is 5.97. The van der Waals surface area contributed by atoms with E-state index >= 15 is 0 Å². The van der Waals surface area contributed by atoms with Crippen LogP contribution >= 0.6 is 0 Å². The molecule has 0 bridgehead atoms. The summed E-state index contributed by atoms with van der Waals surface area (Å²) in [7, 11) is 0. The van der Waals surface area contributed by atoms with Gasteiger partial charge >= 0.3 is 0 Å². The first kappa shape index (κ1) is 16.6. The number of fused-ring (bicyclic) bond motifs is 1. The second-order valence-electron chi connectivity index (χ2n) is 5.63. The first-order valence-corrected chi connectivity index (χ1v) is 7.84. The molecule has 0 aliphatic heterocycles. The van der Waals surface area contributed by atoms with Crippen molar-refractivity contribution in [1.29, 1.82) is 0 Å². The summed E-state index contributed by atoms with van der Waals surface area (Å²) in [6.07, 6.45) is 0. The molecular weight excluding hydrogens is 320 g/mol. The van der Waals surface area contributed by atoms with E-state index in [4.69, 9.17) is 14.9 Å². The van der Waals surface area contributed by atoms with Crippen LogP contribution < -0.4 is 15.8 Å². The Labute approximate surface area is 144 Å². The Balaban J connectivity index is 1.76. The van der Waals surface area contributed by atoms with E-state index in [1.54, 1.807) is 24.3 Å². The van der Waals surface area contributed by atoms with Crippen LogP contribution in [0, 0.1) is 0 Å². The number of carbonyl (C=O) groups excluding carboxylic acids is 2. The van der Waals surface area contributed by atoms with E-state index in [1.807, 2.05) is 37.3 Å². The fraction of sp³-hybridized carbons (Fsp3) is 0.158. The number of primary amides is 1. The fourth-order valence-electron chi connectivity index (χ4n) is 2.49. The van der Waals surface area contributed by atoms with Crippen molar-refractivity contribution in [2.45, 2.75) is 13.0 Å². The Kier molecular flexibility index (Phi) is 4.70. The van der Waals surface area contributed by atoms with Crippen molar-refractivity contribution in [3.63, 3.8) is 0 Å². The third-order valence-corrected chi connectivity index (χ3v) is 3.72. The molecule has 0 aliphatic carbocycles. The SMILES string of the molecule is CC(NC(=O)c1ccccc1OCC(N)=O)c1cc2ccccc2o1. The Hall–Kier alpha value is -3.28. The van der Waals surface area contributed by atoms with Gasteiger partial charge in [-0.3, -0.25) is 9.59 Å². The molecule has 0 aliphatic rings. The lowest BCUT2D eigenvalue weighted by Gasteiger charge is -2.14. The molecule has 6 nitrogen and oxygen atoms in total. The van der Waals surface area contributed by atoms with Crippen molar-refractivity contribution in [2.75, 3.05) is 6.61 Å². The average molecular weight is 338 g/mol. The zero-order chi connectivity index (χ0) is 17.8. The van der Waals surface area contributed by atoms with Gasteiger partial charge in [0.15, 0.2) is 6.61 Å². The second kappa shape index (κ2) is 7.09. The molecule has 2 amide bonds. The maximum absolute atomic E-state index is 12.6. The molecule has 128 valence electrons. The Morgan fingerprint density at radius 3 is 2.64 bits per heavy atom. The van der Waals surface area contributed by atoms with Crippen molar-refractivity contribution in [3.05, 3.63) is 65.9 Å². The molecule has 0 spiro atoms. The van der Waals surface area contributed by atoms with E-state index in [0.717, 1.165) is 11.0 Å². The summed E-state index contributed by atoms with van der Waals surface area (Å²) in [5.41, 5.74) is 6.18. The molecule has 1 heterocycles. The van der Waals surface area contributed by atoms with Gasteiger partial charge in [-0.15, -0.1) is 0 Å². The number of nitrogens with one attached hydrogen (secondary N) is 1. The third-order valence-electron chi connectivity index (χ3n) is 3.72. The monoisotopic (exact) mass is 338 g/mol. The van der Waals surface area contributed by atoms with E-state index in [9.17, 15) is 9.59 Å². The largest absolute Gasteiger partial charge is 0.483 e. The number of para-hydroxylation sites is 2. The van der Waals surface area contributed by atoms with Gasteiger partial charge in [0.25, 0.3) is 11.8 Å². The van der Waals surface area contributed by atoms with Crippen molar-refractivity contribution in [1.82, 2.24) is 5.32 Å². The van der Waals surface area contributed by atoms with Crippen molar-refractivity contribution in [2.24, 2.45) is 5.73 Å². The van der Waals surface area contributed by atoms with Crippen LogP contribution in [-0.2, 0) is 4.79 Å². The van der Waals surface area contributed by atoms with E-state index in [2.05, 4.69) is 5.32 Å². The van der Waals surface area contributed by atoms with Gasteiger partial charge in [-0.25, -0.2) is 0 Å². The molecule has 0 saturated heterocycles. The lowest BCUT2D eigenvalue weighted by Crippen LogP contribution is -2.27. The summed E-state index contributed by atoms with van der Waals surface area (Å²) in [4.78, 5) is 23.4. The smallest absolute Gasteiger partial charge is 0.255 e. The van der Waals surface area contributed by atoms with Crippen molar-refractivity contribution >= 4 is 22.8 Å². The quantitative estimate of drug-likeness (QED) is 0.722. The minimum absolute atomic E-state index is 0.288. The number of benzene rings is 2. The summed E-state index contributed by atoms with van der Waals surface area (Å²) < 4.78 is 11.1. The molecule has 1 unspecified atom stereocenters. The summed E-state index contributed by atoms with van der Waals surface area (Å²) in [6.45, 7) is 1.55. The minimum atomic E-state index is -0.606. The fourth-order valence-corrected chi connectivity index (χ4v) is 2.49. The maximum Gasteiger partial charge on any atom is 0.255 e. The van der Waals surface area contributed by atoms with Gasteiger partial charge in [0, 0.05) is 5.39 Å². The number of amides is 2. The molecular formula is C19H18N2O4. The lowest BCUT2D eigenvalue weighted by molar-refractivity contribution is -0.119. The van der Waals surface area contributed by atoms with Crippen LogP contribution in [0.4, 0.5) is 0 Å². The van der Waals surface area contributed by atoms with Crippen LogP contribution in [0.25, 0.3) is 11.0 Å². The van der Waals surface area contributed by atoms with Crippen molar-refractivity contribution < 1.29 is 18.7 Å². The summed E-state index contributed by atoms with van der Waals surface area (Å²) in [5.74, 6) is 0.0274. The van der Waals surface area contributed by atoms with E-state index < -0.39 is 5.91 Å². The average Bonchev–Trinajstić information content (AvgIpc) is 3.04. The van der Waals surface area contributed by atoms with E-state index in [1.165, 1.54) is 0 Å². The minimum Gasteiger partial charge on any atom is -0.483 e. The predicted molar refractivity (Wildman–Crippen MR) is 93.2 cm³/mol. The molecule has 0 radical (unpaired) electrons. The number of hydrogen-bond acceptors (Lipinski definition) is 4. The molecule has 3 rings (SSSR count). The summed E-state index contributed by atoms with van der Waals surface area (Å²) >= 11 is 0. The molecule has 3 aromatic rings. The van der Waals surface area contributed by atoms with E-state index in [-0.39, 0.29) is 18.6 Å². The second-order valence-corrected chi connectivity index (χ2v) is 5.63. The number of nitrogens with two attached hydrogens (primary N) is 1. The topological polar surface area (TPSA) is 94.6 Å². The third kappa shape index (κ3) is 3.80. The standard InChI is InChI=1S/C19H18N2O4/c1-12(17-10-13-6-2-4-8-15(13)25-17)21-19(23)14-7-3-5-9-16(14)24-11-18(20)22/h2-10,12H,11H2,1H3,(H2,20,22)(H,21,23). The normalized spacial score (nSPS) is 11.9. The van der Waals surface area contributed by atoms with Crippen LogP contribution in [0.5, 0.6) is 5.75 Å². The highest BCUT2D eigenvalue weighted by Gasteiger charge is 2.18. The molecule has 0 fully saturated rings. The molecule has 1 aromatic heterocycles. The van der Waals surface area contributed by atoms with Gasteiger partial charge in [-0.1, -0.05) is 30.3 Å². The Morgan fingerprint density at radius 2 is 1.88 bits per heavy atom. The molecule has 25 heavy (non-hydrogen) atoms. The van der Waals surface area contributed by atoms with Gasteiger partial charge in [-0.2, -0.15) is 0 Å². The Bertz CT molecular complexity index is 883. The number of furan rings is 1. The van der Waals surface area contributed by atoms with Gasteiger partial charge in [0.2, 0.25) is 0 Å². The van der Waals surface area contributed by atoms with Crippen LogP contribution in [-0.4, -0.2) is 18.4 Å². The number of rotatable bonds is 6. The number of hydrogen-bond donors (Lipinski definition) is 2. The molecule has 0 saturated carbocycles. The van der Waals surface area contributed by atoms with Gasteiger partial charge in [-0.05, 0) is 31.2 Å². The lowest BCUT2D eigenvalue weighted by atomic mass is 10.1. The highest BCUT2D eigenvalue weighted by Crippen LogP contribution is 2.25.